The lowest BCUT2D eigenvalue weighted by Gasteiger charge is -2.19. The third-order valence-corrected chi connectivity index (χ3v) is 5.68. The molecular weight excluding hydrogens is 440 g/mol. The Morgan fingerprint density at radius 2 is 1.71 bits per heavy atom. The Labute approximate surface area is 195 Å². The molecule has 0 unspecified atom stereocenters. The second-order valence-electron chi connectivity index (χ2n) is 7.80. The number of benzene rings is 2. The number of hydrogen-bond donors (Lipinski definition) is 3. The second-order valence-corrected chi connectivity index (χ2v) is 7.80. The Morgan fingerprint density at radius 3 is 2.29 bits per heavy atom. The van der Waals surface area contributed by atoms with Crippen molar-refractivity contribution in [2.75, 3.05) is 25.6 Å². The van der Waals surface area contributed by atoms with Crippen molar-refractivity contribution in [3.05, 3.63) is 71.5 Å². The number of hydrogen-bond acceptors (Lipinski definition) is 6. The molecule has 1 aromatic heterocycles. The Bertz CT molecular complexity index is 1190. The van der Waals surface area contributed by atoms with Crippen molar-refractivity contribution in [3.8, 4) is 11.1 Å². The molecule has 1 aliphatic carbocycles. The number of ether oxygens (including phenoxy) is 2. The minimum atomic E-state index is -1.25. The number of carbonyl (C=O) groups excluding carboxylic acids is 2. The van der Waals surface area contributed by atoms with E-state index in [1.54, 1.807) is 0 Å². The van der Waals surface area contributed by atoms with Crippen molar-refractivity contribution >= 4 is 23.7 Å². The van der Waals surface area contributed by atoms with E-state index in [0.29, 0.717) is 0 Å². The molecule has 3 aromatic rings. The summed E-state index contributed by atoms with van der Waals surface area (Å²) in [4.78, 5) is 36.7. The van der Waals surface area contributed by atoms with Crippen molar-refractivity contribution in [3.63, 3.8) is 0 Å². The summed E-state index contributed by atoms with van der Waals surface area (Å²) in [6.07, 6.45) is 0.433. The average Bonchev–Trinajstić information content (AvgIpc) is 3.35. The lowest BCUT2D eigenvalue weighted by molar-refractivity contribution is -0.119. The van der Waals surface area contributed by atoms with Crippen LogP contribution in [0, 0.1) is 0 Å². The highest BCUT2D eigenvalue weighted by atomic mass is 16.5. The van der Waals surface area contributed by atoms with E-state index in [1.165, 1.54) is 20.4 Å². The van der Waals surface area contributed by atoms with Crippen molar-refractivity contribution in [2.45, 2.75) is 12.0 Å². The number of rotatable bonds is 8. The molecule has 0 bridgehead atoms. The van der Waals surface area contributed by atoms with Gasteiger partial charge in [-0.25, -0.2) is 9.59 Å². The van der Waals surface area contributed by atoms with Gasteiger partial charge in [0.25, 0.3) is 0 Å². The Morgan fingerprint density at radius 1 is 1.09 bits per heavy atom. The molecule has 0 saturated carbocycles. The van der Waals surface area contributed by atoms with Crippen LogP contribution in [0.2, 0.25) is 0 Å². The number of aryl methyl sites for hydroxylation is 1. The van der Waals surface area contributed by atoms with Crippen LogP contribution in [0.25, 0.3) is 11.1 Å². The van der Waals surface area contributed by atoms with Crippen LogP contribution >= 0.6 is 0 Å². The van der Waals surface area contributed by atoms with E-state index >= 15 is 0 Å². The van der Waals surface area contributed by atoms with Gasteiger partial charge in [-0.05, 0) is 22.3 Å². The molecule has 2 amide bonds. The minimum Gasteiger partial charge on any atom is -0.476 e. The van der Waals surface area contributed by atoms with Crippen LogP contribution in [0.3, 0.4) is 0 Å². The molecule has 0 spiro atoms. The van der Waals surface area contributed by atoms with Gasteiger partial charge in [-0.1, -0.05) is 48.5 Å². The predicted octanol–water partition coefficient (Wildman–Crippen LogP) is 2.61. The van der Waals surface area contributed by atoms with Gasteiger partial charge in [0.1, 0.15) is 12.6 Å². The first-order valence-electron chi connectivity index (χ1n) is 10.6. The normalized spacial score (nSPS) is 13.0. The Kier molecular flexibility index (Phi) is 6.60. The van der Waals surface area contributed by atoms with Crippen LogP contribution in [0.15, 0.2) is 54.7 Å². The van der Waals surface area contributed by atoms with Crippen molar-refractivity contribution in [1.82, 2.24) is 15.1 Å². The summed E-state index contributed by atoms with van der Waals surface area (Å²) in [6.45, 7) is -0.0500. The van der Waals surface area contributed by atoms with E-state index in [2.05, 4.69) is 15.7 Å². The summed E-state index contributed by atoms with van der Waals surface area (Å²) >= 11 is 0. The molecule has 34 heavy (non-hydrogen) atoms. The lowest BCUT2D eigenvalue weighted by Crippen LogP contribution is -2.47. The number of aromatic nitrogens is 2. The van der Waals surface area contributed by atoms with Crippen LogP contribution in [0.5, 0.6) is 0 Å². The summed E-state index contributed by atoms with van der Waals surface area (Å²) in [7, 11) is 2.83. The first-order valence-corrected chi connectivity index (χ1v) is 10.6. The van der Waals surface area contributed by atoms with E-state index in [0.717, 1.165) is 26.9 Å². The van der Waals surface area contributed by atoms with E-state index in [9.17, 15) is 19.5 Å². The zero-order valence-corrected chi connectivity index (χ0v) is 18.6. The number of fused-ring (bicyclic) bond motifs is 3. The highest BCUT2D eigenvalue weighted by molar-refractivity contribution is 6.02. The molecule has 10 heteroatoms. The molecule has 0 fully saturated rings. The molecule has 10 nitrogen and oxygen atoms in total. The zero-order chi connectivity index (χ0) is 24.2. The van der Waals surface area contributed by atoms with E-state index in [1.807, 2.05) is 48.5 Å². The molecule has 0 aliphatic heterocycles. The average molecular weight is 464 g/mol. The maximum Gasteiger partial charge on any atom is 0.407 e. The number of methoxy groups -OCH3 is 1. The van der Waals surface area contributed by atoms with E-state index in [-0.39, 0.29) is 30.5 Å². The molecule has 2 aromatic carbocycles. The molecule has 1 aliphatic rings. The number of carboxylic acids is 1. The first kappa shape index (κ1) is 23.0. The molecule has 176 valence electrons. The van der Waals surface area contributed by atoms with Gasteiger partial charge in [0, 0.05) is 20.1 Å². The number of amides is 2. The fourth-order valence-corrected chi connectivity index (χ4v) is 4.13. The molecule has 1 atom stereocenters. The fraction of sp³-hybridized carbons (Fsp3) is 0.250. The largest absolute Gasteiger partial charge is 0.476 e. The molecule has 1 heterocycles. The second kappa shape index (κ2) is 9.75. The number of carbonyl (C=O) groups is 3. The number of nitrogens with zero attached hydrogens (tertiary/aromatic N) is 2. The quantitative estimate of drug-likeness (QED) is 0.467. The predicted molar refractivity (Wildman–Crippen MR) is 123 cm³/mol. The molecular formula is C24H24N4O6. The number of alkyl carbamates (subject to hydrolysis) is 1. The van der Waals surface area contributed by atoms with Gasteiger partial charge in [0.05, 0.1) is 18.5 Å². The van der Waals surface area contributed by atoms with Gasteiger partial charge >= 0.3 is 12.1 Å². The van der Waals surface area contributed by atoms with Crippen molar-refractivity contribution in [1.29, 1.82) is 0 Å². The molecule has 3 N–H and O–H groups in total. The summed E-state index contributed by atoms with van der Waals surface area (Å²) < 4.78 is 11.7. The minimum absolute atomic E-state index is 0.00967. The number of anilines is 1. The third-order valence-electron chi connectivity index (χ3n) is 5.68. The van der Waals surface area contributed by atoms with Crippen molar-refractivity contribution in [2.24, 2.45) is 7.05 Å². The smallest absolute Gasteiger partial charge is 0.407 e. The van der Waals surface area contributed by atoms with Gasteiger partial charge in [-0.3, -0.25) is 9.48 Å². The first-order chi connectivity index (χ1) is 16.4. The summed E-state index contributed by atoms with van der Waals surface area (Å²) in [6, 6.07) is 14.8. The summed E-state index contributed by atoms with van der Waals surface area (Å²) in [5, 5.41) is 18.1. The van der Waals surface area contributed by atoms with E-state index < -0.39 is 24.0 Å². The topological polar surface area (TPSA) is 132 Å². The summed E-state index contributed by atoms with van der Waals surface area (Å²) in [5.74, 6) is -2.03. The van der Waals surface area contributed by atoms with E-state index in [4.69, 9.17) is 9.47 Å². The van der Waals surface area contributed by atoms with Gasteiger partial charge in [-0.15, -0.1) is 0 Å². The lowest BCUT2D eigenvalue weighted by atomic mass is 9.98. The Balaban J connectivity index is 1.42. The molecule has 4 rings (SSSR count). The van der Waals surface area contributed by atoms with Crippen LogP contribution in [-0.4, -0.2) is 59.2 Å². The Hall–Kier alpha value is -4.18. The standard InChI is InChI=1S/C24H24N4O6/c1-28-21(23(30)31)19(11-25-28)26-22(29)20(13-33-2)27-24(32)34-12-18-16-9-5-3-7-14(16)15-8-4-6-10-17(15)18/h3-11,18,20H,12-13H2,1-2H3,(H,26,29)(H,27,32)(H,30,31)/t20-/m0/s1. The highest BCUT2D eigenvalue weighted by Gasteiger charge is 2.30. The van der Waals surface area contributed by atoms with Crippen LogP contribution in [0.4, 0.5) is 10.5 Å². The number of carboxylic acid groups (broad SMARTS) is 1. The maximum atomic E-state index is 12.7. The van der Waals surface area contributed by atoms with Crippen molar-refractivity contribution < 1.29 is 29.0 Å². The third kappa shape index (κ3) is 4.48. The molecule has 0 radical (unpaired) electrons. The van der Waals surface area contributed by atoms with Gasteiger partial charge in [0.15, 0.2) is 5.69 Å². The fourth-order valence-electron chi connectivity index (χ4n) is 4.13. The number of nitrogens with one attached hydrogen (secondary N) is 2. The number of aromatic carboxylic acids is 1. The highest BCUT2D eigenvalue weighted by Crippen LogP contribution is 2.44. The SMILES string of the molecule is COC[C@H](NC(=O)OCC1c2ccccc2-c2ccccc21)C(=O)Nc1cnn(C)c1C(=O)O. The van der Waals surface area contributed by atoms with Crippen LogP contribution in [-0.2, 0) is 21.3 Å². The monoisotopic (exact) mass is 464 g/mol. The zero-order valence-electron chi connectivity index (χ0n) is 18.6. The van der Waals surface area contributed by atoms with Crippen LogP contribution < -0.4 is 10.6 Å². The molecule has 0 saturated heterocycles. The van der Waals surface area contributed by atoms with Crippen LogP contribution in [0.1, 0.15) is 27.5 Å². The maximum absolute atomic E-state index is 12.7. The van der Waals surface area contributed by atoms with Gasteiger partial charge < -0.3 is 25.2 Å². The van der Waals surface area contributed by atoms with Gasteiger partial charge in [-0.2, -0.15) is 5.10 Å². The van der Waals surface area contributed by atoms with Gasteiger partial charge in [0.2, 0.25) is 5.91 Å². The summed E-state index contributed by atoms with van der Waals surface area (Å²) in [5.41, 5.74) is 4.17.